The molecule has 120 valence electrons. The summed E-state index contributed by atoms with van der Waals surface area (Å²) >= 11 is 5.99. The van der Waals surface area contributed by atoms with Crippen LogP contribution >= 0.6 is 11.6 Å². The number of amides is 2. The van der Waals surface area contributed by atoms with Gasteiger partial charge < -0.3 is 9.80 Å². The second-order valence-electron chi connectivity index (χ2n) is 5.05. The Balaban J connectivity index is 1.56. The smallest absolute Gasteiger partial charge is 0.316 e. The van der Waals surface area contributed by atoms with Crippen LogP contribution in [0.2, 0.25) is 5.02 Å². The van der Waals surface area contributed by atoms with Crippen LogP contribution in [0.25, 0.3) is 0 Å². The van der Waals surface area contributed by atoms with Crippen molar-refractivity contribution < 1.29 is 9.59 Å². The topological polar surface area (TPSA) is 94.2 Å². The first kappa shape index (κ1) is 15.3. The minimum absolute atomic E-state index is 0.154. The third kappa shape index (κ3) is 3.59. The van der Waals surface area contributed by atoms with Crippen molar-refractivity contribution in [1.29, 1.82) is 0 Å². The molecule has 0 aliphatic carbocycles. The fraction of sp³-hybridized carbons (Fsp3) is 0.286. The Hall–Kier alpha value is -2.61. The third-order valence-corrected chi connectivity index (χ3v) is 3.82. The van der Waals surface area contributed by atoms with Crippen LogP contribution < -0.4 is 10.2 Å². The summed E-state index contributed by atoms with van der Waals surface area (Å²) in [6.45, 7) is 2.22. The maximum absolute atomic E-state index is 12.1. The Labute approximate surface area is 137 Å². The van der Waals surface area contributed by atoms with Crippen LogP contribution in [0.3, 0.4) is 0 Å². The number of hydrogen-bond donors (Lipinski definition) is 2. The minimum Gasteiger partial charge on any atom is -0.368 e. The van der Waals surface area contributed by atoms with Gasteiger partial charge in [0.25, 0.3) is 0 Å². The molecule has 1 saturated heterocycles. The molecule has 0 spiro atoms. The van der Waals surface area contributed by atoms with Crippen molar-refractivity contribution in [2.45, 2.75) is 0 Å². The second-order valence-corrected chi connectivity index (χ2v) is 5.48. The number of anilines is 2. The first-order chi connectivity index (χ1) is 11.1. The molecule has 23 heavy (non-hydrogen) atoms. The van der Waals surface area contributed by atoms with E-state index in [9.17, 15) is 9.59 Å². The van der Waals surface area contributed by atoms with E-state index in [2.05, 4.69) is 25.4 Å². The molecule has 0 radical (unpaired) electrons. The average Bonchev–Trinajstić information content (AvgIpc) is 3.07. The molecule has 0 unspecified atom stereocenters. The molecule has 8 nitrogen and oxygen atoms in total. The molecular weight excluding hydrogens is 320 g/mol. The number of piperazine rings is 1. The van der Waals surface area contributed by atoms with E-state index >= 15 is 0 Å². The van der Waals surface area contributed by atoms with Crippen LogP contribution in [0.5, 0.6) is 0 Å². The largest absolute Gasteiger partial charge is 0.368 e. The number of aromatic nitrogens is 3. The van der Waals surface area contributed by atoms with E-state index < -0.39 is 11.8 Å². The number of hydrogen-bond acceptors (Lipinski definition) is 5. The summed E-state index contributed by atoms with van der Waals surface area (Å²) in [5, 5.41) is 9.13. The number of rotatable bonds is 2. The fourth-order valence-electron chi connectivity index (χ4n) is 2.41. The van der Waals surface area contributed by atoms with E-state index in [4.69, 9.17) is 11.6 Å². The summed E-state index contributed by atoms with van der Waals surface area (Å²) in [4.78, 5) is 31.4. The Kier molecular flexibility index (Phi) is 4.42. The molecular formula is C14H15ClN6O2. The van der Waals surface area contributed by atoms with Gasteiger partial charge in [-0.2, -0.15) is 10.1 Å². The van der Waals surface area contributed by atoms with Crippen LogP contribution in [0, 0.1) is 0 Å². The lowest BCUT2D eigenvalue weighted by Gasteiger charge is -2.35. The Morgan fingerprint density at radius 1 is 1.22 bits per heavy atom. The molecule has 2 aromatic rings. The van der Waals surface area contributed by atoms with Crippen LogP contribution in [0.1, 0.15) is 0 Å². The molecule has 2 amide bonds. The van der Waals surface area contributed by atoms with Gasteiger partial charge in [0.1, 0.15) is 6.33 Å². The Bertz CT molecular complexity index is 697. The van der Waals surface area contributed by atoms with Gasteiger partial charge in [0.2, 0.25) is 5.95 Å². The molecule has 2 N–H and O–H groups in total. The van der Waals surface area contributed by atoms with Crippen molar-refractivity contribution in [2.75, 3.05) is 36.4 Å². The highest BCUT2D eigenvalue weighted by atomic mass is 35.5. The highest BCUT2D eigenvalue weighted by molar-refractivity contribution is 6.39. The number of carbonyl (C=O) groups excluding carboxylic acids is 2. The van der Waals surface area contributed by atoms with Crippen molar-refractivity contribution in [2.24, 2.45) is 0 Å². The molecule has 1 fully saturated rings. The van der Waals surface area contributed by atoms with E-state index in [0.717, 1.165) is 5.69 Å². The SMILES string of the molecule is O=C(Nc1ncn[nH]1)C(=O)N1CCN(c2cccc(Cl)c2)CC1. The van der Waals surface area contributed by atoms with Gasteiger partial charge in [0, 0.05) is 36.9 Å². The molecule has 3 rings (SSSR count). The van der Waals surface area contributed by atoms with Crippen molar-refractivity contribution >= 4 is 35.1 Å². The molecule has 0 atom stereocenters. The maximum atomic E-state index is 12.1. The van der Waals surface area contributed by atoms with E-state index in [1.54, 1.807) is 0 Å². The number of benzene rings is 1. The van der Waals surface area contributed by atoms with Gasteiger partial charge in [-0.05, 0) is 18.2 Å². The molecule has 0 saturated carbocycles. The zero-order valence-corrected chi connectivity index (χ0v) is 13.0. The lowest BCUT2D eigenvalue weighted by atomic mass is 10.2. The van der Waals surface area contributed by atoms with E-state index in [-0.39, 0.29) is 5.95 Å². The Morgan fingerprint density at radius 2 is 2.00 bits per heavy atom. The highest BCUT2D eigenvalue weighted by Crippen LogP contribution is 2.20. The number of aromatic amines is 1. The fourth-order valence-corrected chi connectivity index (χ4v) is 2.60. The summed E-state index contributed by atoms with van der Waals surface area (Å²) < 4.78 is 0. The predicted molar refractivity (Wildman–Crippen MR) is 85.3 cm³/mol. The molecule has 0 bridgehead atoms. The van der Waals surface area contributed by atoms with Crippen LogP contribution in [0.4, 0.5) is 11.6 Å². The van der Waals surface area contributed by atoms with E-state index in [1.807, 2.05) is 24.3 Å². The van der Waals surface area contributed by atoms with Crippen molar-refractivity contribution in [1.82, 2.24) is 20.1 Å². The summed E-state index contributed by atoms with van der Waals surface area (Å²) in [5.74, 6) is -1.15. The number of H-pyrrole nitrogens is 1. The third-order valence-electron chi connectivity index (χ3n) is 3.58. The van der Waals surface area contributed by atoms with E-state index in [1.165, 1.54) is 11.2 Å². The molecule has 1 aliphatic heterocycles. The van der Waals surface area contributed by atoms with Crippen LogP contribution in [-0.4, -0.2) is 58.1 Å². The zero-order valence-electron chi connectivity index (χ0n) is 12.2. The standard InChI is InChI=1S/C14H15ClN6O2/c15-10-2-1-3-11(8-10)20-4-6-21(7-5-20)13(23)12(22)18-14-16-9-17-19-14/h1-3,8-9H,4-7H2,(H2,16,17,18,19,22). The van der Waals surface area contributed by atoms with Gasteiger partial charge in [-0.25, -0.2) is 5.10 Å². The maximum Gasteiger partial charge on any atom is 0.316 e. The van der Waals surface area contributed by atoms with Crippen LogP contribution in [-0.2, 0) is 9.59 Å². The first-order valence-electron chi connectivity index (χ1n) is 7.09. The lowest BCUT2D eigenvalue weighted by Crippen LogP contribution is -2.51. The van der Waals surface area contributed by atoms with Gasteiger partial charge in [0.15, 0.2) is 0 Å². The molecule has 9 heteroatoms. The predicted octanol–water partition coefficient (Wildman–Crippen LogP) is 0.745. The second kappa shape index (κ2) is 6.66. The zero-order chi connectivity index (χ0) is 16.2. The van der Waals surface area contributed by atoms with Gasteiger partial charge in [-0.3, -0.25) is 14.9 Å². The van der Waals surface area contributed by atoms with Gasteiger partial charge in [-0.1, -0.05) is 17.7 Å². The number of nitrogens with zero attached hydrogens (tertiary/aromatic N) is 4. The molecule has 2 heterocycles. The summed E-state index contributed by atoms with van der Waals surface area (Å²) in [7, 11) is 0. The molecule has 1 aromatic heterocycles. The van der Waals surface area contributed by atoms with Crippen molar-refractivity contribution in [3.8, 4) is 0 Å². The highest BCUT2D eigenvalue weighted by Gasteiger charge is 2.26. The molecule has 1 aliphatic rings. The van der Waals surface area contributed by atoms with Gasteiger partial charge >= 0.3 is 11.8 Å². The summed E-state index contributed by atoms with van der Waals surface area (Å²) in [5.41, 5.74) is 1.01. The van der Waals surface area contributed by atoms with Gasteiger partial charge in [-0.15, -0.1) is 0 Å². The van der Waals surface area contributed by atoms with Crippen molar-refractivity contribution in [3.05, 3.63) is 35.6 Å². The number of carbonyl (C=O) groups is 2. The quantitative estimate of drug-likeness (QED) is 0.790. The van der Waals surface area contributed by atoms with Crippen LogP contribution in [0.15, 0.2) is 30.6 Å². The summed E-state index contributed by atoms with van der Waals surface area (Å²) in [6.07, 6.45) is 1.25. The lowest BCUT2D eigenvalue weighted by molar-refractivity contribution is -0.143. The number of nitrogens with one attached hydrogen (secondary N) is 2. The molecule has 1 aromatic carbocycles. The van der Waals surface area contributed by atoms with Gasteiger partial charge in [0.05, 0.1) is 0 Å². The minimum atomic E-state index is -0.724. The monoisotopic (exact) mass is 334 g/mol. The normalized spacial score (nSPS) is 14.7. The first-order valence-corrected chi connectivity index (χ1v) is 7.47. The summed E-state index contributed by atoms with van der Waals surface area (Å²) in [6, 6.07) is 7.56. The van der Waals surface area contributed by atoms with Crippen molar-refractivity contribution in [3.63, 3.8) is 0 Å². The number of halogens is 1. The average molecular weight is 335 g/mol. The Morgan fingerprint density at radius 3 is 2.65 bits per heavy atom. The van der Waals surface area contributed by atoms with E-state index in [0.29, 0.717) is 31.2 Å².